The van der Waals surface area contributed by atoms with Crippen molar-refractivity contribution < 1.29 is 14.3 Å². The first-order chi connectivity index (χ1) is 10.3. The summed E-state index contributed by atoms with van der Waals surface area (Å²) in [7, 11) is 3.33. The minimum atomic E-state index is 0.0675. The molecule has 0 fully saturated rings. The predicted octanol–water partition coefficient (Wildman–Crippen LogP) is 1.41. The summed E-state index contributed by atoms with van der Waals surface area (Å²) in [6.07, 6.45) is 0.832. The maximum Gasteiger partial charge on any atom is 0.253 e. The molecule has 1 aliphatic rings. The fourth-order valence-electron chi connectivity index (χ4n) is 2.53. The van der Waals surface area contributed by atoms with Gasteiger partial charge < -0.3 is 19.7 Å². The third kappa shape index (κ3) is 4.27. The van der Waals surface area contributed by atoms with Crippen LogP contribution in [0.15, 0.2) is 18.2 Å². The molecule has 2 rings (SSSR count). The summed E-state index contributed by atoms with van der Waals surface area (Å²) in [6, 6.07) is 5.98. The van der Waals surface area contributed by atoms with Crippen LogP contribution in [0.25, 0.3) is 0 Å². The zero-order valence-electron chi connectivity index (χ0n) is 12.9. The number of hydrogen-bond acceptors (Lipinski definition) is 4. The minimum absolute atomic E-state index is 0.0675. The van der Waals surface area contributed by atoms with E-state index in [-0.39, 0.29) is 5.91 Å². The van der Waals surface area contributed by atoms with Gasteiger partial charge in [-0.2, -0.15) is 0 Å². The zero-order chi connectivity index (χ0) is 15.1. The summed E-state index contributed by atoms with van der Waals surface area (Å²) in [5, 5.41) is 3.30. The largest absolute Gasteiger partial charge is 0.385 e. The van der Waals surface area contributed by atoms with E-state index in [0.29, 0.717) is 26.3 Å². The number of carbonyl (C=O) groups is 1. The molecule has 0 saturated heterocycles. The summed E-state index contributed by atoms with van der Waals surface area (Å²) < 4.78 is 10.2. The maximum absolute atomic E-state index is 12.7. The van der Waals surface area contributed by atoms with Gasteiger partial charge >= 0.3 is 0 Å². The lowest BCUT2D eigenvalue weighted by Gasteiger charge is -2.22. The Morgan fingerprint density at radius 1 is 1.14 bits per heavy atom. The molecular formula is C16H24N2O3. The van der Waals surface area contributed by atoms with Gasteiger partial charge in [0, 0.05) is 52.6 Å². The number of ether oxygens (including phenoxy) is 2. The van der Waals surface area contributed by atoms with E-state index in [2.05, 4.69) is 5.32 Å². The van der Waals surface area contributed by atoms with Gasteiger partial charge in [-0.15, -0.1) is 0 Å². The molecular weight excluding hydrogens is 268 g/mol. The number of nitrogens with one attached hydrogen (secondary N) is 1. The highest BCUT2D eigenvalue weighted by atomic mass is 16.5. The Morgan fingerprint density at radius 3 is 2.67 bits per heavy atom. The van der Waals surface area contributed by atoms with Gasteiger partial charge in [-0.3, -0.25) is 4.79 Å². The molecule has 116 valence electrons. The molecule has 1 aromatic rings. The second-order valence-electron chi connectivity index (χ2n) is 5.22. The van der Waals surface area contributed by atoms with E-state index in [1.54, 1.807) is 14.2 Å². The number of hydrogen-bond donors (Lipinski definition) is 1. The predicted molar refractivity (Wildman–Crippen MR) is 81.3 cm³/mol. The minimum Gasteiger partial charge on any atom is -0.385 e. The van der Waals surface area contributed by atoms with Crippen molar-refractivity contribution in [1.82, 2.24) is 10.2 Å². The average molecular weight is 292 g/mol. The van der Waals surface area contributed by atoms with Gasteiger partial charge in [0.25, 0.3) is 5.91 Å². The molecule has 5 heteroatoms. The molecule has 0 radical (unpaired) electrons. The van der Waals surface area contributed by atoms with Crippen LogP contribution in [-0.4, -0.2) is 51.3 Å². The normalized spacial score (nSPS) is 13.2. The van der Waals surface area contributed by atoms with Crippen LogP contribution in [0, 0.1) is 0 Å². The van der Waals surface area contributed by atoms with Crippen LogP contribution in [0.2, 0.25) is 0 Å². The standard InChI is InChI=1S/C16H24N2O3/c1-20-8-3-6-18(7-9-21-2)16(19)13-4-5-14-11-17-12-15(14)10-13/h4-5,10,17H,3,6-9,11-12H2,1-2H3. The van der Waals surface area contributed by atoms with E-state index >= 15 is 0 Å². The van der Waals surface area contributed by atoms with Crippen molar-refractivity contribution in [2.45, 2.75) is 19.5 Å². The average Bonchev–Trinajstić information content (AvgIpc) is 2.97. The smallest absolute Gasteiger partial charge is 0.253 e. The first-order valence-electron chi connectivity index (χ1n) is 7.36. The highest BCUT2D eigenvalue weighted by Crippen LogP contribution is 2.18. The Hall–Kier alpha value is -1.43. The third-order valence-electron chi connectivity index (χ3n) is 3.71. The molecule has 0 saturated carbocycles. The van der Waals surface area contributed by atoms with E-state index in [1.165, 1.54) is 11.1 Å². The van der Waals surface area contributed by atoms with Gasteiger partial charge in [-0.1, -0.05) is 6.07 Å². The summed E-state index contributed by atoms with van der Waals surface area (Å²) in [5.74, 6) is 0.0675. The summed E-state index contributed by atoms with van der Waals surface area (Å²) in [6.45, 7) is 4.24. The molecule has 0 bridgehead atoms. The van der Waals surface area contributed by atoms with E-state index < -0.39 is 0 Å². The second-order valence-corrected chi connectivity index (χ2v) is 5.22. The van der Waals surface area contributed by atoms with Gasteiger partial charge in [-0.25, -0.2) is 0 Å². The van der Waals surface area contributed by atoms with Crippen LogP contribution >= 0.6 is 0 Å². The monoisotopic (exact) mass is 292 g/mol. The van der Waals surface area contributed by atoms with Crippen LogP contribution in [0.5, 0.6) is 0 Å². The molecule has 1 amide bonds. The Kier molecular flexibility index (Phi) is 6.17. The topological polar surface area (TPSA) is 50.8 Å². The fraction of sp³-hybridized carbons (Fsp3) is 0.562. The van der Waals surface area contributed by atoms with E-state index in [9.17, 15) is 4.79 Å². The Morgan fingerprint density at radius 2 is 1.90 bits per heavy atom. The SMILES string of the molecule is COCCCN(CCOC)C(=O)c1ccc2c(c1)CNC2. The van der Waals surface area contributed by atoms with Crippen molar-refractivity contribution in [1.29, 1.82) is 0 Å². The molecule has 0 unspecified atom stereocenters. The van der Waals surface area contributed by atoms with Crippen molar-refractivity contribution in [3.05, 3.63) is 34.9 Å². The molecule has 1 N–H and O–H groups in total. The van der Waals surface area contributed by atoms with Crippen molar-refractivity contribution >= 4 is 5.91 Å². The quantitative estimate of drug-likeness (QED) is 0.736. The number of fused-ring (bicyclic) bond motifs is 1. The van der Waals surface area contributed by atoms with Gasteiger partial charge in [-0.05, 0) is 29.7 Å². The van der Waals surface area contributed by atoms with Crippen LogP contribution in [0.4, 0.5) is 0 Å². The first kappa shape index (κ1) is 15.9. The molecule has 0 spiro atoms. The van der Waals surface area contributed by atoms with E-state index in [0.717, 1.165) is 25.1 Å². The highest BCUT2D eigenvalue weighted by Gasteiger charge is 2.18. The fourth-order valence-corrected chi connectivity index (χ4v) is 2.53. The Labute approximate surface area is 126 Å². The van der Waals surface area contributed by atoms with Crippen LogP contribution < -0.4 is 5.32 Å². The summed E-state index contributed by atoms with van der Waals surface area (Å²) in [4.78, 5) is 14.5. The van der Waals surface area contributed by atoms with E-state index in [4.69, 9.17) is 9.47 Å². The lowest BCUT2D eigenvalue weighted by atomic mass is 10.1. The number of methoxy groups -OCH3 is 2. The van der Waals surface area contributed by atoms with E-state index in [1.807, 2.05) is 23.1 Å². The molecule has 5 nitrogen and oxygen atoms in total. The second kappa shape index (κ2) is 8.12. The summed E-state index contributed by atoms with van der Waals surface area (Å²) >= 11 is 0. The van der Waals surface area contributed by atoms with Gasteiger partial charge in [0.2, 0.25) is 0 Å². The summed E-state index contributed by atoms with van der Waals surface area (Å²) in [5.41, 5.74) is 3.27. The molecule has 0 atom stereocenters. The van der Waals surface area contributed by atoms with Gasteiger partial charge in [0.15, 0.2) is 0 Å². The number of benzene rings is 1. The van der Waals surface area contributed by atoms with Crippen molar-refractivity contribution in [2.24, 2.45) is 0 Å². The van der Waals surface area contributed by atoms with Crippen molar-refractivity contribution in [3.63, 3.8) is 0 Å². The van der Waals surface area contributed by atoms with Crippen LogP contribution in [0.1, 0.15) is 27.9 Å². The zero-order valence-corrected chi connectivity index (χ0v) is 12.9. The van der Waals surface area contributed by atoms with Crippen LogP contribution in [0.3, 0.4) is 0 Å². The molecule has 1 heterocycles. The lowest BCUT2D eigenvalue weighted by molar-refractivity contribution is 0.0674. The Balaban J connectivity index is 2.05. The van der Waals surface area contributed by atoms with Crippen molar-refractivity contribution in [3.8, 4) is 0 Å². The van der Waals surface area contributed by atoms with Crippen LogP contribution in [-0.2, 0) is 22.6 Å². The number of carbonyl (C=O) groups excluding carboxylic acids is 1. The highest BCUT2D eigenvalue weighted by molar-refractivity contribution is 5.94. The van der Waals surface area contributed by atoms with Gasteiger partial charge in [0.1, 0.15) is 0 Å². The first-order valence-corrected chi connectivity index (χ1v) is 7.36. The number of amides is 1. The molecule has 0 aliphatic carbocycles. The number of nitrogens with zero attached hydrogens (tertiary/aromatic N) is 1. The Bertz CT molecular complexity index is 477. The molecule has 1 aliphatic heterocycles. The molecule has 21 heavy (non-hydrogen) atoms. The number of rotatable bonds is 8. The van der Waals surface area contributed by atoms with Gasteiger partial charge in [0.05, 0.1) is 6.61 Å². The maximum atomic E-state index is 12.7. The third-order valence-corrected chi connectivity index (χ3v) is 3.71. The van der Waals surface area contributed by atoms with Crippen molar-refractivity contribution in [2.75, 3.05) is 40.5 Å². The molecule has 0 aromatic heterocycles. The lowest BCUT2D eigenvalue weighted by Crippen LogP contribution is -2.35. The molecule has 1 aromatic carbocycles.